The van der Waals surface area contributed by atoms with Crippen molar-refractivity contribution < 1.29 is 9.90 Å². The molecule has 7 heteroatoms. The van der Waals surface area contributed by atoms with E-state index in [1.54, 1.807) is 4.90 Å². The smallest absolute Gasteiger partial charge is 0.265 e. The summed E-state index contributed by atoms with van der Waals surface area (Å²) < 4.78 is 1.45. The molecule has 2 heterocycles. The van der Waals surface area contributed by atoms with Gasteiger partial charge in [0.15, 0.2) is 5.16 Å². The van der Waals surface area contributed by atoms with Crippen LogP contribution in [0.15, 0.2) is 58.5 Å². The maximum absolute atomic E-state index is 12.8. The van der Waals surface area contributed by atoms with E-state index >= 15 is 0 Å². The van der Waals surface area contributed by atoms with Gasteiger partial charge >= 0.3 is 0 Å². The van der Waals surface area contributed by atoms with Gasteiger partial charge in [0, 0.05) is 12.2 Å². The monoisotopic (exact) mass is 407 g/mol. The molecule has 2 aromatic carbocycles. The predicted molar refractivity (Wildman–Crippen MR) is 114 cm³/mol. The number of benzene rings is 2. The highest BCUT2D eigenvalue weighted by atomic mass is 32.2. The van der Waals surface area contributed by atoms with Crippen LogP contribution in [0.4, 0.5) is 5.69 Å². The van der Waals surface area contributed by atoms with Crippen LogP contribution in [0.25, 0.3) is 5.69 Å². The van der Waals surface area contributed by atoms with Crippen LogP contribution in [0, 0.1) is 13.8 Å². The number of aromatic hydroxyl groups is 1. The first-order valence-corrected chi connectivity index (χ1v) is 10.3. The molecule has 0 aliphatic carbocycles. The Morgan fingerprint density at radius 1 is 1.14 bits per heavy atom. The number of anilines is 1. The Balaban J connectivity index is 1.63. The number of rotatable bonds is 4. The molecule has 0 spiro atoms. The van der Waals surface area contributed by atoms with Crippen LogP contribution in [0.3, 0.4) is 0 Å². The maximum Gasteiger partial charge on any atom is 0.265 e. The molecular formula is C22H21N3O3S. The van der Waals surface area contributed by atoms with Crippen molar-refractivity contribution in [3.8, 4) is 11.6 Å². The molecule has 0 fully saturated rings. The van der Waals surface area contributed by atoms with Gasteiger partial charge in [-0.15, -0.1) is 0 Å². The number of fused-ring (bicyclic) bond motifs is 1. The molecule has 1 aromatic heterocycles. The molecule has 1 aliphatic heterocycles. The lowest BCUT2D eigenvalue weighted by Crippen LogP contribution is -2.31. The van der Waals surface area contributed by atoms with E-state index in [0.29, 0.717) is 17.4 Å². The van der Waals surface area contributed by atoms with Crippen LogP contribution in [0.5, 0.6) is 5.88 Å². The lowest BCUT2D eigenvalue weighted by atomic mass is 10.2. The van der Waals surface area contributed by atoms with Crippen molar-refractivity contribution in [1.82, 2.24) is 9.55 Å². The minimum Gasteiger partial charge on any atom is -0.493 e. The van der Waals surface area contributed by atoms with Crippen molar-refractivity contribution in [3.63, 3.8) is 0 Å². The lowest BCUT2D eigenvalue weighted by molar-refractivity contribution is -0.116. The van der Waals surface area contributed by atoms with Crippen molar-refractivity contribution in [3.05, 3.63) is 75.6 Å². The van der Waals surface area contributed by atoms with Gasteiger partial charge in [0.05, 0.1) is 17.0 Å². The second-order valence-corrected chi connectivity index (χ2v) is 7.97. The molecule has 1 amide bonds. The Morgan fingerprint density at radius 2 is 1.86 bits per heavy atom. The maximum atomic E-state index is 12.8. The number of aromatic nitrogens is 2. The zero-order chi connectivity index (χ0) is 20.5. The number of hydrogen-bond acceptors (Lipinski definition) is 5. The summed E-state index contributed by atoms with van der Waals surface area (Å²) in [5.74, 6) is -0.237. The number of carbonyl (C=O) groups is 1. The molecule has 29 heavy (non-hydrogen) atoms. The lowest BCUT2D eigenvalue weighted by Gasteiger charge is -2.18. The second kappa shape index (κ2) is 7.75. The third-order valence-electron chi connectivity index (χ3n) is 5.06. The molecule has 0 atom stereocenters. The molecule has 3 aromatic rings. The molecular weight excluding hydrogens is 386 g/mol. The van der Waals surface area contributed by atoms with Crippen molar-refractivity contribution in [1.29, 1.82) is 0 Å². The molecule has 148 valence electrons. The standard InChI is InChI=1S/C22H21N3O3S/c1-14-7-9-17(10-8-14)25-21(28)15(2)20(27)23-22(25)29-13-19(26)24-12-11-16-5-3-4-6-18(16)24/h3-10,27H,11-13H2,1-2H3. The fraction of sp³-hybridized carbons (Fsp3) is 0.227. The van der Waals surface area contributed by atoms with E-state index in [4.69, 9.17) is 0 Å². The van der Waals surface area contributed by atoms with Gasteiger partial charge in [0.2, 0.25) is 11.8 Å². The highest BCUT2D eigenvalue weighted by Gasteiger charge is 2.25. The second-order valence-electron chi connectivity index (χ2n) is 7.03. The summed E-state index contributed by atoms with van der Waals surface area (Å²) in [5.41, 5.74) is 3.65. The minimum atomic E-state index is -0.345. The third kappa shape index (κ3) is 3.65. The average Bonchev–Trinajstić information content (AvgIpc) is 3.15. The quantitative estimate of drug-likeness (QED) is 0.531. The van der Waals surface area contributed by atoms with Crippen molar-refractivity contribution in [2.75, 3.05) is 17.2 Å². The van der Waals surface area contributed by atoms with Crippen LogP contribution in [-0.2, 0) is 11.2 Å². The summed E-state index contributed by atoms with van der Waals surface area (Å²) in [6.07, 6.45) is 0.838. The summed E-state index contributed by atoms with van der Waals surface area (Å²) in [6.45, 7) is 4.15. The van der Waals surface area contributed by atoms with E-state index in [1.807, 2.05) is 55.5 Å². The van der Waals surface area contributed by atoms with Crippen molar-refractivity contribution in [2.24, 2.45) is 0 Å². The average molecular weight is 407 g/mol. The first-order valence-electron chi connectivity index (χ1n) is 9.36. The van der Waals surface area contributed by atoms with Crippen LogP contribution in [-0.4, -0.2) is 32.9 Å². The first-order chi connectivity index (χ1) is 14.0. The summed E-state index contributed by atoms with van der Waals surface area (Å²) in [5, 5.41) is 10.4. The summed E-state index contributed by atoms with van der Waals surface area (Å²) in [4.78, 5) is 31.6. The summed E-state index contributed by atoms with van der Waals surface area (Å²) in [6, 6.07) is 15.4. The molecule has 0 saturated carbocycles. The Hall–Kier alpha value is -3.06. The largest absolute Gasteiger partial charge is 0.493 e. The Kier molecular flexibility index (Phi) is 5.15. The van der Waals surface area contributed by atoms with E-state index in [2.05, 4.69) is 4.98 Å². The number of para-hydroxylation sites is 1. The van der Waals surface area contributed by atoms with Crippen LogP contribution < -0.4 is 10.5 Å². The minimum absolute atomic E-state index is 0.0512. The molecule has 1 N–H and O–H groups in total. The molecule has 0 radical (unpaired) electrons. The molecule has 1 aliphatic rings. The van der Waals surface area contributed by atoms with Gasteiger partial charge in [-0.05, 0) is 44.0 Å². The molecule has 4 rings (SSSR count). The van der Waals surface area contributed by atoms with Gasteiger partial charge in [-0.1, -0.05) is 47.7 Å². The van der Waals surface area contributed by atoms with Gasteiger partial charge in [-0.2, -0.15) is 4.98 Å². The normalized spacial score (nSPS) is 12.8. The summed E-state index contributed by atoms with van der Waals surface area (Å²) in [7, 11) is 0. The van der Waals surface area contributed by atoms with Crippen molar-refractivity contribution in [2.45, 2.75) is 25.4 Å². The van der Waals surface area contributed by atoms with E-state index < -0.39 is 0 Å². The number of hydrogen-bond donors (Lipinski definition) is 1. The van der Waals surface area contributed by atoms with Gasteiger partial charge in [-0.25, -0.2) is 0 Å². The van der Waals surface area contributed by atoms with E-state index in [0.717, 1.165) is 35.0 Å². The molecule has 0 saturated heterocycles. The molecule has 0 unspecified atom stereocenters. The Morgan fingerprint density at radius 3 is 2.62 bits per heavy atom. The Bertz CT molecular complexity index is 1140. The molecule has 6 nitrogen and oxygen atoms in total. The summed E-state index contributed by atoms with van der Waals surface area (Å²) >= 11 is 1.15. The highest BCUT2D eigenvalue weighted by Crippen LogP contribution is 2.29. The van der Waals surface area contributed by atoms with Crippen LogP contribution in [0.1, 0.15) is 16.7 Å². The predicted octanol–water partition coefficient (Wildman–Crippen LogP) is 3.24. The number of carbonyl (C=O) groups excluding carboxylic acids is 1. The highest BCUT2D eigenvalue weighted by molar-refractivity contribution is 7.99. The first kappa shape index (κ1) is 19.3. The van der Waals surface area contributed by atoms with Crippen molar-refractivity contribution >= 4 is 23.4 Å². The Labute approximate surface area is 172 Å². The fourth-order valence-electron chi connectivity index (χ4n) is 3.39. The zero-order valence-electron chi connectivity index (χ0n) is 16.3. The van der Waals surface area contributed by atoms with Crippen LogP contribution >= 0.6 is 11.8 Å². The van der Waals surface area contributed by atoms with E-state index in [9.17, 15) is 14.7 Å². The fourth-order valence-corrected chi connectivity index (χ4v) is 4.27. The van der Waals surface area contributed by atoms with Crippen LogP contribution in [0.2, 0.25) is 0 Å². The zero-order valence-corrected chi connectivity index (χ0v) is 17.1. The topological polar surface area (TPSA) is 75.4 Å². The number of amides is 1. The van der Waals surface area contributed by atoms with Gasteiger partial charge in [-0.3, -0.25) is 14.2 Å². The number of aryl methyl sites for hydroxylation is 1. The third-order valence-corrected chi connectivity index (χ3v) is 5.98. The number of nitrogens with zero attached hydrogens (tertiary/aromatic N) is 3. The number of thioether (sulfide) groups is 1. The van der Waals surface area contributed by atoms with E-state index in [1.165, 1.54) is 11.5 Å². The van der Waals surface area contributed by atoms with E-state index in [-0.39, 0.29) is 28.7 Å². The molecule has 0 bridgehead atoms. The van der Waals surface area contributed by atoms with Gasteiger partial charge < -0.3 is 10.0 Å². The SMILES string of the molecule is Cc1ccc(-n2c(SCC(=O)N3CCc4ccccc43)nc(O)c(C)c2=O)cc1. The van der Waals surface area contributed by atoms with Gasteiger partial charge in [0.25, 0.3) is 5.56 Å². The van der Waals surface area contributed by atoms with Gasteiger partial charge in [0.1, 0.15) is 0 Å².